The Morgan fingerprint density at radius 3 is 2.57 bits per heavy atom. The summed E-state index contributed by atoms with van der Waals surface area (Å²) >= 11 is 5.89. The molecule has 1 nitrogen and oxygen atoms in total. The number of halogens is 1. The highest BCUT2D eigenvalue weighted by molar-refractivity contribution is 6.30. The van der Waals surface area contributed by atoms with Crippen LogP contribution in [-0.2, 0) is 0 Å². The normalized spacial score (nSPS) is 15.2. The van der Waals surface area contributed by atoms with Crippen molar-refractivity contribution in [2.24, 2.45) is 11.7 Å². The first-order valence-electron chi connectivity index (χ1n) is 5.08. The zero-order chi connectivity index (χ0) is 10.7. The zero-order valence-corrected chi connectivity index (χ0v) is 9.81. The molecular weight excluding hydrogens is 194 g/mol. The van der Waals surface area contributed by atoms with Gasteiger partial charge in [-0.3, -0.25) is 0 Å². The molecule has 0 fully saturated rings. The van der Waals surface area contributed by atoms with Gasteiger partial charge in [-0.15, -0.1) is 0 Å². The molecule has 78 valence electrons. The van der Waals surface area contributed by atoms with E-state index in [2.05, 4.69) is 20.8 Å². The van der Waals surface area contributed by atoms with E-state index in [4.69, 9.17) is 17.3 Å². The van der Waals surface area contributed by atoms with Gasteiger partial charge in [0.15, 0.2) is 0 Å². The van der Waals surface area contributed by atoms with Gasteiger partial charge in [-0.2, -0.15) is 0 Å². The van der Waals surface area contributed by atoms with Crippen LogP contribution in [-0.4, -0.2) is 0 Å². The summed E-state index contributed by atoms with van der Waals surface area (Å²) in [6.07, 6.45) is 1.10. The minimum Gasteiger partial charge on any atom is -0.324 e. The van der Waals surface area contributed by atoms with Gasteiger partial charge in [0.05, 0.1) is 0 Å². The van der Waals surface area contributed by atoms with Crippen LogP contribution >= 0.6 is 11.6 Å². The van der Waals surface area contributed by atoms with Gasteiger partial charge in [0.2, 0.25) is 0 Å². The molecule has 0 amide bonds. The van der Waals surface area contributed by atoms with Crippen LogP contribution in [0.15, 0.2) is 18.2 Å². The molecule has 0 aliphatic rings. The lowest BCUT2D eigenvalue weighted by Crippen LogP contribution is -2.19. The highest BCUT2D eigenvalue weighted by Gasteiger charge is 2.14. The van der Waals surface area contributed by atoms with Crippen LogP contribution in [0.1, 0.15) is 37.4 Å². The fraction of sp³-hybridized carbons (Fsp3) is 0.500. The van der Waals surface area contributed by atoms with Crippen LogP contribution in [0, 0.1) is 12.8 Å². The fourth-order valence-electron chi connectivity index (χ4n) is 1.57. The van der Waals surface area contributed by atoms with Gasteiger partial charge in [-0.1, -0.05) is 37.9 Å². The van der Waals surface area contributed by atoms with Crippen LogP contribution in [0.25, 0.3) is 0 Å². The van der Waals surface area contributed by atoms with Crippen molar-refractivity contribution in [3.05, 3.63) is 34.3 Å². The Bertz CT molecular complexity index is 309. The molecule has 1 aromatic rings. The van der Waals surface area contributed by atoms with Crippen LogP contribution in [0.2, 0.25) is 5.02 Å². The van der Waals surface area contributed by atoms with E-state index in [0.717, 1.165) is 11.4 Å². The third kappa shape index (κ3) is 2.49. The van der Waals surface area contributed by atoms with Crippen LogP contribution in [0.4, 0.5) is 0 Å². The Labute approximate surface area is 91.3 Å². The summed E-state index contributed by atoms with van der Waals surface area (Å²) in [7, 11) is 0. The molecule has 0 bridgehead atoms. The number of nitrogens with two attached hydrogens (primary N) is 1. The topological polar surface area (TPSA) is 26.0 Å². The molecule has 2 atom stereocenters. The SMILES string of the molecule is CCC(C)C(N)c1ccc(Cl)cc1C. The second kappa shape index (κ2) is 4.81. The van der Waals surface area contributed by atoms with E-state index in [1.165, 1.54) is 11.1 Å². The smallest absolute Gasteiger partial charge is 0.0408 e. The molecule has 1 aromatic carbocycles. The summed E-state index contributed by atoms with van der Waals surface area (Å²) in [4.78, 5) is 0. The average molecular weight is 212 g/mol. The molecule has 0 radical (unpaired) electrons. The third-order valence-corrected chi connectivity index (χ3v) is 3.08. The van der Waals surface area contributed by atoms with E-state index in [-0.39, 0.29) is 6.04 Å². The second-order valence-corrected chi connectivity index (χ2v) is 4.35. The van der Waals surface area contributed by atoms with Crippen molar-refractivity contribution in [1.29, 1.82) is 0 Å². The van der Waals surface area contributed by atoms with Gasteiger partial charge in [-0.05, 0) is 36.1 Å². The molecule has 2 N–H and O–H groups in total. The molecule has 0 saturated carbocycles. The van der Waals surface area contributed by atoms with Crippen molar-refractivity contribution >= 4 is 11.6 Å². The van der Waals surface area contributed by atoms with Crippen LogP contribution < -0.4 is 5.73 Å². The first-order chi connectivity index (χ1) is 6.56. The highest BCUT2D eigenvalue weighted by atomic mass is 35.5. The minimum atomic E-state index is 0.122. The predicted octanol–water partition coefficient (Wildman–Crippen LogP) is 3.69. The Morgan fingerprint density at radius 1 is 1.43 bits per heavy atom. The molecule has 1 rings (SSSR count). The summed E-state index contributed by atoms with van der Waals surface area (Å²) < 4.78 is 0. The summed E-state index contributed by atoms with van der Waals surface area (Å²) in [5, 5.41) is 0.780. The summed E-state index contributed by atoms with van der Waals surface area (Å²) in [6, 6.07) is 6.04. The molecule has 0 aliphatic heterocycles. The number of rotatable bonds is 3. The van der Waals surface area contributed by atoms with Gasteiger partial charge in [0, 0.05) is 11.1 Å². The number of hydrogen-bond donors (Lipinski definition) is 1. The Kier molecular flexibility index (Phi) is 3.97. The van der Waals surface area contributed by atoms with Gasteiger partial charge in [0.1, 0.15) is 0 Å². The minimum absolute atomic E-state index is 0.122. The van der Waals surface area contributed by atoms with E-state index in [0.29, 0.717) is 5.92 Å². The number of benzene rings is 1. The standard InChI is InChI=1S/C12H18ClN/c1-4-8(2)12(14)11-6-5-10(13)7-9(11)3/h5-8,12H,4,14H2,1-3H3. The van der Waals surface area contributed by atoms with Crippen LogP contribution in [0.3, 0.4) is 0 Å². The van der Waals surface area contributed by atoms with Crippen molar-refractivity contribution in [1.82, 2.24) is 0 Å². The predicted molar refractivity (Wildman–Crippen MR) is 62.6 cm³/mol. The Morgan fingerprint density at radius 2 is 2.07 bits per heavy atom. The maximum atomic E-state index is 6.16. The molecule has 2 unspecified atom stereocenters. The van der Waals surface area contributed by atoms with Crippen molar-refractivity contribution in [3.63, 3.8) is 0 Å². The lowest BCUT2D eigenvalue weighted by atomic mass is 9.91. The molecule has 0 spiro atoms. The quantitative estimate of drug-likeness (QED) is 0.811. The second-order valence-electron chi connectivity index (χ2n) is 3.91. The van der Waals surface area contributed by atoms with E-state index >= 15 is 0 Å². The average Bonchev–Trinajstić information content (AvgIpc) is 2.15. The first kappa shape index (κ1) is 11.5. The van der Waals surface area contributed by atoms with Crippen molar-refractivity contribution in [2.45, 2.75) is 33.2 Å². The fourth-order valence-corrected chi connectivity index (χ4v) is 1.80. The first-order valence-corrected chi connectivity index (χ1v) is 5.45. The van der Waals surface area contributed by atoms with Gasteiger partial charge in [-0.25, -0.2) is 0 Å². The number of aryl methyl sites for hydroxylation is 1. The molecule has 14 heavy (non-hydrogen) atoms. The lowest BCUT2D eigenvalue weighted by Gasteiger charge is -2.20. The Hall–Kier alpha value is -0.530. The summed E-state index contributed by atoms with van der Waals surface area (Å²) in [5.74, 6) is 0.509. The van der Waals surface area contributed by atoms with Gasteiger partial charge in [0.25, 0.3) is 0 Å². The zero-order valence-electron chi connectivity index (χ0n) is 9.05. The highest BCUT2D eigenvalue weighted by Crippen LogP contribution is 2.26. The van der Waals surface area contributed by atoms with E-state index in [1.54, 1.807) is 0 Å². The third-order valence-electron chi connectivity index (χ3n) is 2.85. The monoisotopic (exact) mass is 211 g/mol. The Balaban J connectivity index is 2.95. The van der Waals surface area contributed by atoms with Gasteiger partial charge < -0.3 is 5.73 Å². The van der Waals surface area contributed by atoms with Crippen molar-refractivity contribution in [3.8, 4) is 0 Å². The van der Waals surface area contributed by atoms with Crippen molar-refractivity contribution in [2.75, 3.05) is 0 Å². The van der Waals surface area contributed by atoms with Gasteiger partial charge >= 0.3 is 0 Å². The summed E-state index contributed by atoms with van der Waals surface area (Å²) in [5.41, 5.74) is 8.55. The van der Waals surface area contributed by atoms with Crippen molar-refractivity contribution < 1.29 is 0 Å². The maximum Gasteiger partial charge on any atom is 0.0408 e. The number of hydrogen-bond acceptors (Lipinski definition) is 1. The van der Waals surface area contributed by atoms with E-state index in [1.807, 2.05) is 18.2 Å². The molecule has 0 saturated heterocycles. The molecule has 0 aliphatic carbocycles. The largest absolute Gasteiger partial charge is 0.324 e. The maximum absolute atomic E-state index is 6.16. The summed E-state index contributed by atoms with van der Waals surface area (Å²) in [6.45, 7) is 6.40. The molecule has 0 aromatic heterocycles. The molecule has 2 heteroatoms. The van der Waals surface area contributed by atoms with E-state index in [9.17, 15) is 0 Å². The lowest BCUT2D eigenvalue weighted by molar-refractivity contribution is 0.455. The molecular formula is C12H18ClN. The van der Waals surface area contributed by atoms with Crippen LogP contribution in [0.5, 0.6) is 0 Å². The van der Waals surface area contributed by atoms with E-state index < -0.39 is 0 Å². The molecule has 0 heterocycles.